The van der Waals surface area contributed by atoms with Crippen molar-refractivity contribution < 1.29 is 13.9 Å². The lowest BCUT2D eigenvalue weighted by Crippen LogP contribution is -2.38. The second-order valence-electron chi connectivity index (χ2n) is 5.55. The van der Waals surface area contributed by atoms with Gasteiger partial charge in [0.25, 0.3) is 0 Å². The molecule has 0 spiro atoms. The zero-order valence-corrected chi connectivity index (χ0v) is 12.0. The summed E-state index contributed by atoms with van der Waals surface area (Å²) in [6.07, 6.45) is 5.70. The highest BCUT2D eigenvalue weighted by atomic mass is 19.1. The van der Waals surface area contributed by atoms with Gasteiger partial charge in [-0.05, 0) is 25.0 Å². The summed E-state index contributed by atoms with van der Waals surface area (Å²) in [5, 5.41) is 0. The van der Waals surface area contributed by atoms with E-state index in [0.717, 1.165) is 38.5 Å². The molecule has 1 saturated carbocycles. The minimum Gasteiger partial charge on any atom is -0.494 e. The second kappa shape index (κ2) is 6.35. The van der Waals surface area contributed by atoms with Gasteiger partial charge in [-0.3, -0.25) is 4.79 Å². The van der Waals surface area contributed by atoms with E-state index in [4.69, 9.17) is 10.5 Å². The van der Waals surface area contributed by atoms with Crippen molar-refractivity contribution in [2.24, 2.45) is 11.1 Å². The number of methoxy groups -OCH3 is 1. The third-order valence-corrected chi connectivity index (χ3v) is 4.36. The van der Waals surface area contributed by atoms with Gasteiger partial charge in [0.05, 0.1) is 12.7 Å². The Kier molecular flexibility index (Phi) is 4.76. The molecule has 2 N–H and O–H groups in total. The summed E-state index contributed by atoms with van der Waals surface area (Å²) in [7, 11) is 1.40. The Labute approximate surface area is 119 Å². The number of hydrogen-bond acceptors (Lipinski definition) is 3. The lowest BCUT2D eigenvalue weighted by molar-refractivity contribution is 0.0769. The predicted molar refractivity (Wildman–Crippen MR) is 76.5 cm³/mol. The first-order valence-electron chi connectivity index (χ1n) is 7.22. The minimum atomic E-state index is -0.607. The van der Waals surface area contributed by atoms with Crippen LogP contribution in [-0.4, -0.2) is 19.4 Å². The normalized spacial score (nSPS) is 18.4. The Bertz CT molecular complexity index is 479. The van der Waals surface area contributed by atoms with E-state index in [1.807, 2.05) is 0 Å². The molecule has 1 fully saturated rings. The molecule has 1 aliphatic carbocycles. The van der Waals surface area contributed by atoms with Gasteiger partial charge in [0.1, 0.15) is 0 Å². The van der Waals surface area contributed by atoms with E-state index < -0.39 is 11.2 Å². The molecule has 2 rings (SSSR count). The number of benzene rings is 1. The van der Waals surface area contributed by atoms with Gasteiger partial charge < -0.3 is 10.5 Å². The fraction of sp³-hybridized carbons (Fsp3) is 0.562. The van der Waals surface area contributed by atoms with Crippen LogP contribution in [0.25, 0.3) is 0 Å². The Morgan fingerprint density at radius 2 is 1.95 bits per heavy atom. The summed E-state index contributed by atoms with van der Waals surface area (Å²) in [4.78, 5) is 12.8. The number of nitrogens with two attached hydrogens (primary N) is 1. The van der Waals surface area contributed by atoms with E-state index in [-0.39, 0.29) is 23.6 Å². The number of ether oxygens (including phenoxy) is 1. The van der Waals surface area contributed by atoms with Crippen LogP contribution in [0.15, 0.2) is 18.2 Å². The zero-order valence-electron chi connectivity index (χ0n) is 12.0. The maximum absolute atomic E-state index is 14.3. The van der Waals surface area contributed by atoms with Crippen LogP contribution in [0.2, 0.25) is 0 Å². The zero-order chi connectivity index (χ0) is 14.6. The van der Waals surface area contributed by atoms with Crippen molar-refractivity contribution in [3.8, 4) is 5.75 Å². The van der Waals surface area contributed by atoms with Crippen LogP contribution in [0.3, 0.4) is 0 Å². The van der Waals surface area contributed by atoms with Gasteiger partial charge >= 0.3 is 0 Å². The van der Waals surface area contributed by atoms with Crippen LogP contribution in [0, 0.1) is 11.2 Å². The number of carbonyl (C=O) groups is 1. The first-order chi connectivity index (χ1) is 9.64. The number of halogens is 1. The topological polar surface area (TPSA) is 52.3 Å². The maximum atomic E-state index is 14.3. The number of Topliss-reactive ketones (excluding diaryl/α,β-unsaturated/α-hetero) is 1. The van der Waals surface area contributed by atoms with Crippen molar-refractivity contribution in [1.82, 2.24) is 0 Å². The van der Waals surface area contributed by atoms with Crippen molar-refractivity contribution in [1.29, 1.82) is 0 Å². The highest BCUT2D eigenvalue weighted by molar-refractivity contribution is 6.01. The molecule has 0 atom stereocenters. The third-order valence-electron chi connectivity index (χ3n) is 4.36. The van der Waals surface area contributed by atoms with E-state index >= 15 is 0 Å². The average Bonchev–Trinajstić information content (AvgIpc) is 2.73. The van der Waals surface area contributed by atoms with Crippen molar-refractivity contribution in [3.05, 3.63) is 29.6 Å². The molecule has 1 aromatic carbocycles. The molecule has 0 aromatic heterocycles. The summed E-state index contributed by atoms with van der Waals surface area (Å²) in [5.41, 5.74) is 5.39. The number of rotatable bonds is 4. The molecule has 0 aliphatic heterocycles. The number of ketones is 1. The summed E-state index contributed by atoms with van der Waals surface area (Å²) < 4.78 is 19.3. The first kappa shape index (κ1) is 15.0. The second-order valence-corrected chi connectivity index (χ2v) is 5.55. The monoisotopic (exact) mass is 279 g/mol. The van der Waals surface area contributed by atoms with Crippen LogP contribution in [0.1, 0.15) is 48.9 Å². The Balaban J connectivity index is 2.37. The van der Waals surface area contributed by atoms with Gasteiger partial charge in [0.15, 0.2) is 17.3 Å². The average molecular weight is 279 g/mol. The third kappa shape index (κ3) is 2.70. The molecule has 0 amide bonds. The largest absolute Gasteiger partial charge is 0.494 e. The first-order valence-corrected chi connectivity index (χ1v) is 7.22. The van der Waals surface area contributed by atoms with Crippen LogP contribution in [0.4, 0.5) is 4.39 Å². The number of hydrogen-bond donors (Lipinski definition) is 1. The molecule has 0 bridgehead atoms. The van der Waals surface area contributed by atoms with Crippen LogP contribution in [0.5, 0.6) is 5.75 Å². The lowest BCUT2D eigenvalue weighted by atomic mass is 9.74. The summed E-state index contributed by atoms with van der Waals surface area (Å²) in [5.74, 6) is -0.632. The molecule has 1 aliphatic rings. The molecule has 110 valence electrons. The van der Waals surface area contributed by atoms with Crippen LogP contribution >= 0.6 is 0 Å². The Hall–Kier alpha value is -1.42. The quantitative estimate of drug-likeness (QED) is 0.679. The van der Waals surface area contributed by atoms with E-state index in [1.165, 1.54) is 19.2 Å². The van der Waals surface area contributed by atoms with E-state index in [1.54, 1.807) is 6.07 Å². The molecule has 0 heterocycles. The smallest absolute Gasteiger partial charge is 0.175 e. The van der Waals surface area contributed by atoms with Crippen molar-refractivity contribution >= 4 is 5.78 Å². The Morgan fingerprint density at radius 3 is 2.50 bits per heavy atom. The molecular formula is C16H22FNO2. The predicted octanol–water partition coefficient (Wildman–Crippen LogP) is 3.32. The summed E-state index contributed by atoms with van der Waals surface area (Å²) in [6.45, 7) is 0.280. The van der Waals surface area contributed by atoms with E-state index in [0.29, 0.717) is 0 Å². The van der Waals surface area contributed by atoms with Gasteiger partial charge in [0.2, 0.25) is 0 Å². The molecule has 4 heteroatoms. The molecular weight excluding hydrogens is 257 g/mol. The lowest BCUT2D eigenvalue weighted by Gasteiger charge is -2.30. The van der Waals surface area contributed by atoms with E-state index in [9.17, 15) is 9.18 Å². The van der Waals surface area contributed by atoms with Crippen molar-refractivity contribution in [3.63, 3.8) is 0 Å². The van der Waals surface area contributed by atoms with Crippen molar-refractivity contribution in [2.75, 3.05) is 13.7 Å². The van der Waals surface area contributed by atoms with Crippen LogP contribution in [-0.2, 0) is 0 Å². The highest BCUT2D eigenvalue weighted by Crippen LogP contribution is 2.38. The number of carbonyl (C=O) groups excluding carboxylic acids is 1. The van der Waals surface area contributed by atoms with E-state index in [2.05, 4.69) is 0 Å². The SMILES string of the molecule is COc1cccc(C(=O)C2(CN)CCCCCC2)c1F. The van der Waals surface area contributed by atoms with Gasteiger partial charge in [0, 0.05) is 12.0 Å². The minimum absolute atomic E-state index is 0.108. The summed E-state index contributed by atoms with van der Waals surface area (Å²) in [6, 6.07) is 4.70. The molecule has 1 aromatic rings. The van der Waals surface area contributed by atoms with Gasteiger partial charge in [-0.1, -0.05) is 31.7 Å². The molecule has 3 nitrogen and oxygen atoms in total. The maximum Gasteiger partial charge on any atom is 0.175 e. The van der Waals surface area contributed by atoms with Gasteiger partial charge in [-0.25, -0.2) is 4.39 Å². The molecule has 0 unspecified atom stereocenters. The molecule has 0 saturated heterocycles. The fourth-order valence-electron chi connectivity index (χ4n) is 3.06. The van der Waals surface area contributed by atoms with Gasteiger partial charge in [-0.15, -0.1) is 0 Å². The molecule has 0 radical (unpaired) electrons. The summed E-state index contributed by atoms with van der Waals surface area (Å²) >= 11 is 0. The van der Waals surface area contributed by atoms with Crippen molar-refractivity contribution in [2.45, 2.75) is 38.5 Å². The standard InChI is InChI=1S/C16H22FNO2/c1-20-13-8-6-7-12(14(13)17)15(19)16(11-18)9-4-2-3-5-10-16/h6-8H,2-5,9-11,18H2,1H3. The highest BCUT2D eigenvalue weighted by Gasteiger charge is 2.39. The fourth-order valence-corrected chi connectivity index (χ4v) is 3.06. The van der Waals surface area contributed by atoms with Crippen LogP contribution < -0.4 is 10.5 Å². The molecule has 20 heavy (non-hydrogen) atoms. The Morgan fingerprint density at radius 1 is 1.30 bits per heavy atom. The van der Waals surface area contributed by atoms with Gasteiger partial charge in [-0.2, -0.15) is 0 Å².